The van der Waals surface area contributed by atoms with Crippen LogP contribution in [0.4, 0.5) is 13.2 Å². The van der Waals surface area contributed by atoms with Crippen molar-refractivity contribution in [3.8, 4) is 17.2 Å². The van der Waals surface area contributed by atoms with Crippen molar-refractivity contribution in [1.82, 2.24) is 0 Å². The zero-order chi connectivity index (χ0) is 22.9. The van der Waals surface area contributed by atoms with Gasteiger partial charge in [-0.1, -0.05) is 12.5 Å². The molecule has 1 unspecified atom stereocenters. The van der Waals surface area contributed by atoms with Crippen LogP contribution in [0.3, 0.4) is 0 Å². The highest BCUT2D eigenvalue weighted by molar-refractivity contribution is 7.88. The average Bonchev–Trinajstić information content (AvgIpc) is 2.65. The van der Waals surface area contributed by atoms with Crippen molar-refractivity contribution in [2.75, 3.05) is 14.2 Å². The van der Waals surface area contributed by atoms with E-state index in [0.717, 1.165) is 38.9 Å². The van der Waals surface area contributed by atoms with Crippen LogP contribution in [0.25, 0.3) is 0 Å². The first kappa shape index (κ1) is 25.6. The van der Waals surface area contributed by atoms with E-state index in [4.69, 9.17) is 14.2 Å². The smallest absolute Gasteiger partial charge is 0.496 e. The maximum atomic E-state index is 12.8. The number of carbonyl (C=O) groups excluding carboxylic acids is 1. The highest BCUT2D eigenvalue weighted by Crippen LogP contribution is 2.38. The molecule has 0 fully saturated rings. The lowest BCUT2D eigenvalue weighted by Gasteiger charge is -2.18. The topological polar surface area (TPSA) is 88.1 Å². The maximum absolute atomic E-state index is 12.8. The fraction of sp³-hybridized carbons (Fsp3) is 0.526. The minimum atomic E-state index is -6.04. The predicted molar refractivity (Wildman–Crippen MR) is 103 cm³/mol. The Kier molecular flexibility index (Phi) is 9.47. The Morgan fingerprint density at radius 1 is 1.13 bits per heavy atom. The van der Waals surface area contributed by atoms with Crippen LogP contribution in [-0.4, -0.2) is 40.2 Å². The summed E-state index contributed by atoms with van der Waals surface area (Å²) in [5.74, 6) is -2.33. The summed E-state index contributed by atoms with van der Waals surface area (Å²) in [6, 6.07) is 2.03. The van der Waals surface area contributed by atoms with Gasteiger partial charge in [-0.3, -0.25) is 0 Å². The van der Waals surface area contributed by atoms with E-state index in [2.05, 4.69) is 10.8 Å². The zero-order valence-corrected chi connectivity index (χ0v) is 17.8. The molecule has 0 aliphatic carbocycles. The summed E-state index contributed by atoms with van der Waals surface area (Å²) in [6.45, 7) is 5.25. The first-order valence-corrected chi connectivity index (χ1v) is 10.5. The molecule has 0 amide bonds. The molecule has 1 atom stereocenters. The Labute approximate surface area is 173 Å². The van der Waals surface area contributed by atoms with Gasteiger partial charge in [0, 0.05) is 12.1 Å². The minimum Gasteiger partial charge on any atom is -0.496 e. The number of carbonyl (C=O) groups is 1. The molecular weight excluding hydrogens is 429 g/mol. The lowest BCUT2D eigenvalue weighted by atomic mass is 10.1. The van der Waals surface area contributed by atoms with Crippen molar-refractivity contribution in [3.63, 3.8) is 0 Å². The van der Waals surface area contributed by atoms with Crippen LogP contribution in [0.2, 0.25) is 0 Å². The van der Waals surface area contributed by atoms with Crippen molar-refractivity contribution in [2.24, 2.45) is 0 Å². The average molecular weight is 454 g/mol. The highest BCUT2D eigenvalue weighted by Gasteiger charge is 2.49. The lowest BCUT2D eigenvalue weighted by molar-refractivity contribution is -0.0500. The quantitative estimate of drug-likeness (QED) is 0.150. The van der Waals surface area contributed by atoms with E-state index in [1.54, 1.807) is 13.0 Å². The van der Waals surface area contributed by atoms with Gasteiger partial charge in [-0.2, -0.15) is 21.6 Å². The Balaban J connectivity index is 3.14. The van der Waals surface area contributed by atoms with Crippen LogP contribution in [0.1, 0.15) is 49.4 Å². The number of ether oxygens (including phenoxy) is 3. The third kappa shape index (κ3) is 7.12. The summed E-state index contributed by atoms with van der Waals surface area (Å²) >= 11 is 0. The maximum Gasteiger partial charge on any atom is 0.534 e. The molecule has 0 bridgehead atoms. The SMILES string of the molecule is C=CCCCCCC(C)OC(=O)c1c(OC)cc(OC)cc1OS(=O)(=O)C(F)(F)F. The fourth-order valence-corrected chi connectivity index (χ4v) is 2.94. The summed E-state index contributed by atoms with van der Waals surface area (Å²) in [5, 5.41) is 0. The normalized spacial score (nSPS) is 12.7. The molecule has 0 saturated heterocycles. The van der Waals surface area contributed by atoms with Gasteiger partial charge in [0.05, 0.1) is 20.3 Å². The molecule has 0 spiro atoms. The molecule has 0 aliphatic heterocycles. The highest BCUT2D eigenvalue weighted by atomic mass is 32.2. The molecule has 0 radical (unpaired) electrons. The molecule has 0 heterocycles. The molecule has 0 N–H and O–H groups in total. The fourth-order valence-electron chi connectivity index (χ4n) is 2.47. The van der Waals surface area contributed by atoms with E-state index in [9.17, 15) is 26.4 Å². The number of hydrogen-bond donors (Lipinski definition) is 0. The van der Waals surface area contributed by atoms with E-state index >= 15 is 0 Å². The van der Waals surface area contributed by atoms with Crippen molar-refractivity contribution in [2.45, 2.75) is 50.6 Å². The van der Waals surface area contributed by atoms with Crippen LogP contribution in [0.5, 0.6) is 17.2 Å². The lowest BCUT2D eigenvalue weighted by Crippen LogP contribution is -2.29. The van der Waals surface area contributed by atoms with E-state index < -0.39 is 39.0 Å². The van der Waals surface area contributed by atoms with Gasteiger partial charge in [0.25, 0.3) is 0 Å². The summed E-state index contributed by atoms with van der Waals surface area (Å²) < 4.78 is 80.6. The van der Waals surface area contributed by atoms with Gasteiger partial charge in [-0.15, -0.1) is 6.58 Å². The van der Waals surface area contributed by atoms with Crippen LogP contribution in [-0.2, 0) is 14.9 Å². The summed E-state index contributed by atoms with van der Waals surface area (Å²) in [6.07, 6.45) is 5.19. The van der Waals surface area contributed by atoms with E-state index in [1.165, 1.54) is 13.2 Å². The second-order valence-corrected chi connectivity index (χ2v) is 7.87. The van der Waals surface area contributed by atoms with Crippen molar-refractivity contribution in [3.05, 3.63) is 30.4 Å². The molecule has 0 aliphatic rings. The molecule has 1 aromatic carbocycles. The molecule has 0 aromatic heterocycles. The van der Waals surface area contributed by atoms with Gasteiger partial charge in [0.1, 0.15) is 17.1 Å². The van der Waals surface area contributed by atoms with E-state index in [1.807, 2.05) is 0 Å². The van der Waals surface area contributed by atoms with Crippen molar-refractivity contribution >= 4 is 16.1 Å². The molecule has 0 saturated carbocycles. The number of allylic oxidation sites excluding steroid dienone is 1. The Morgan fingerprint density at radius 2 is 1.77 bits per heavy atom. The molecule has 30 heavy (non-hydrogen) atoms. The van der Waals surface area contributed by atoms with Crippen LogP contribution >= 0.6 is 0 Å². The number of esters is 1. The van der Waals surface area contributed by atoms with Crippen LogP contribution in [0, 0.1) is 0 Å². The molecule has 170 valence electrons. The van der Waals surface area contributed by atoms with E-state index in [0.29, 0.717) is 6.42 Å². The number of unbranched alkanes of at least 4 members (excludes halogenated alkanes) is 3. The molecule has 7 nitrogen and oxygen atoms in total. The zero-order valence-electron chi connectivity index (χ0n) is 17.0. The first-order valence-electron chi connectivity index (χ1n) is 9.05. The molecule has 11 heteroatoms. The minimum absolute atomic E-state index is 0.0777. The third-order valence-electron chi connectivity index (χ3n) is 4.01. The predicted octanol–water partition coefficient (Wildman–Crippen LogP) is 4.61. The van der Waals surface area contributed by atoms with Crippen LogP contribution in [0.15, 0.2) is 24.8 Å². The summed E-state index contributed by atoms with van der Waals surface area (Å²) in [7, 11) is -3.69. The molecule has 1 rings (SSSR count). The monoisotopic (exact) mass is 454 g/mol. The summed E-state index contributed by atoms with van der Waals surface area (Å²) in [4.78, 5) is 12.6. The van der Waals surface area contributed by atoms with Crippen LogP contribution < -0.4 is 13.7 Å². The van der Waals surface area contributed by atoms with Gasteiger partial charge in [-0.05, 0) is 32.6 Å². The number of benzene rings is 1. The number of alkyl halides is 3. The number of rotatable bonds is 12. The Hall–Kier alpha value is -2.43. The van der Waals surface area contributed by atoms with Crippen molar-refractivity contribution < 1.29 is 44.8 Å². The van der Waals surface area contributed by atoms with Gasteiger partial charge in [0.15, 0.2) is 5.75 Å². The first-order chi connectivity index (χ1) is 14.0. The van der Waals surface area contributed by atoms with Gasteiger partial charge >= 0.3 is 21.6 Å². The number of halogens is 3. The largest absolute Gasteiger partial charge is 0.534 e. The molecular formula is C19H25F3O7S. The van der Waals surface area contributed by atoms with E-state index in [-0.39, 0.29) is 11.5 Å². The second-order valence-electron chi connectivity index (χ2n) is 6.33. The Morgan fingerprint density at radius 3 is 2.30 bits per heavy atom. The summed E-state index contributed by atoms with van der Waals surface area (Å²) in [5.41, 5.74) is -6.28. The Bertz CT molecular complexity index is 835. The van der Waals surface area contributed by atoms with Crippen molar-refractivity contribution in [1.29, 1.82) is 0 Å². The third-order valence-corrected chi connectivity index (χ3v) is 4.98. The second kappa shape index (κ2) is 11.1. The standard InChI is InChI=1S/C19H25F3O7S/c1-5-6-7-8-9-10-13(2)28-18(23)17-15(27-4)11-14(26-3)12-16(17)29-30(24,25)19(20,21)22/h5,11-13H,1,6-10H2,2-4H3. The van der Waals surface area contributed by atoms with Gasteiger partial charge in [-0.25, -0.2) is 4.79 Å². The van der Waals surface area contributed by atoms with Gasteiger partial charge in [0.2, 0.25) is 0 Å². The van der Waals surface area contributed by atoms with Gasteiger partial charge < -0.3 is 18.4 Å². The number of methoxy groups -OCH3 is 2. The molecule has 1 aromatic rings. The number of hydrogen-bond acceptors (Lipinski definition) is 7.